The molecule has 0 aliphatic rings. The van der Waals surface area contributed by atoms with Crippen molar-refractivity contribution in [3.63, 3.8) is 0 Å². The van der Waals surface area contributed by atoms with E-state index in [-0.39, 0.29) is 18.8 Å². The van der Waals surface area contributed by atoms with Crippen molar-refractivity contribution in [1.82, 2.24) is 14.6 Å². The number of aryl methyl sites for hydroxylation is 1. The number of aliphatic carboxylic acids is 1. The molecule has 0 aromatic carbocycles. The number of ketones is 1. The lowest BCUT2D eigenvalue weighted by Gasteiger charge is -2.17. The molecule has 0 saturated heterocycles. The molecule has 1 N–H and O–H groups in total. The molecule has 0 amide bonds. The topological polar surface area (TPSA) is 93.8 Å². The Morgan fingerprint density at radius 2 is 2.04 bits per heavy atom. The molecule has 0 aliphatic carbocycles. The summed E-state index contributed by atoms with van der Waals surface area (Å²) in [6, 6.07) is 5.78. The van der Waals surface area contributed by atoms with E-state index in [9.17, 15) is 14.7 Å². The Balaban J connectivity index is 2.34. The first-order valence-corrected chi connectivity index (χ1v) is 9.15. The van der Waals surface area contributed by atoms with Gasteiger partial charge in [0, 0.05) is 48.3 Å². The van der Waals surface area contributed by atoms with Crippen LogP contribution >= 0.6 is 0 Å². The highest BCUT2D eigenvalue weighted by Crippen LogP contribution is 2.33. The van der Waals surface area contributed by atoms with Gasteiger partial charge in [0.15, 0.2) is 5.78 Å². The van der Waals surface area contributed by atoms with Gasteiger partial charge in [0.05, 0.1) is 17.8 Å². The van der Waals surface area contributed by atoms with Crippen LogP contribution in [-0.2, 0) is 29.0 Å². The first-order chi connectivity index (χ1) is 13.5. The van der Waals surface area contributed by atoms with Gasteiger partial charge in [-0.05, 0) is 43.5 Å². The van der Waals surface area contributed by atoms with E-state index in [1.165, 1.54) is 13.1 Å². The normalized spacial score (nSPS) is 11.1. The van der Waals surface area contributed by atoms with E-state index in [1.54, 1.807) is 19.4 Å². The van der Waals surface area contributed by atoms with Crippen molar-refractivity contribution in [2.24, 2.45) is 0 Å². The molecule has 3 aromatic rings. The minimum Gasteiger partial charge on any atom is -0.481 e. The third-order valence-corrected chi connectivity index (χ3v) is 4.73. The molecule has 0 spiro atoms. The van der Waals surface area contributed by atoms with Gasteiger partial charge in [-0.25, -0.2) is 4.52 Å². The molecule has 3 aromatic heterocycles. The maximum atomic E-state index is 11.9. The number of carbonyl (C=O) groups excluding carboxylic acids is 1. The molecule has 0 saturated carbocycles. The molecule has 3 rings (SSSR count). The number of ether oxygens (including phenoxy) is 1. The molecule has 7 heteroatoms. The molecule has 0 bridgehead atoms. The Labute approximate surface area is 163 Å². The number of fused-ring (bicyclic) bond motifs is 1. The van der Waals surface area contributed by atoms with E-state index in [0.717, 1.165) is 34.3 Å². The molecule has 0 atom stereocenters. The Morgan fingerprint density at radius 1 is 1.25 bits per heavy atom. The highest BCUT2D eigenvalue weighted by molar-refractivity contribution is 5.96. The van der Waals surface area contributed by atoms with E-state index in [1.807, 2.05) is 16.6 Å². The second-order valence-corrected chi connectivity index (χ2v) is 6.62. The number of rotatable bonds is 8. The molecular formula is C21H23N3O4. The van der Waals surface area contributed by atoms with Crippen molar-refractivity contribution in [1.29, 1.82) is 0 Å². The van der Waals surface area contributed by atoms with Crippen LogP contribution in [-0.4, -0.2) is 38.6 Å². The van der Waals surface area contributed by atoms with Crippen LogP contribution in [0, 0.1) is 0 Å². The summed E-state index contributed by atoms with van der Waals surface area (Å²) in [6.07, 6.45) is 4.31. The van der Waals surface area contributed by atoms with E-state index in [2.05, 4.69) is 11.9 Å². The number of carboxylic acids is 1. The van der Waals surface area contributed by atoms with Crippen molar-refractivity contribution in [3.8, 4) is 11.1 Å². The summed E-state index contributed by atoms with van der Waals surface area (Å²) in [7, 11) is 1.58. The molecule has 0 fully saturated rings. The van der Waals surface area contributed by atoms with Crippen molar-refractivity contribution in [2.75, 3.05) is 7.11 Å². The van der Waals surface area contributed by atoms with Crippen LogP contribution in [0.2, 0.25) is 0 Å². The van der Waals surface area contributed by atoms with Gasteiger partial charge in [0.25, 0.3) is 0 Å². The van der Waals surface area contributed by atoms with Gasteiger partial charge in [-0.15, -0.1) is 0 Å². The van der Waals surface area contributed by atoms with E-state index in [4.69, 9.17) is 9.84 Å². The van der Waals surface area contributed by atoms with Gasteiger partial charge in [-0.1, -0.05) is 6.92 Å². The predicted octanol–water partition coefficient (Wildman–Crippen LogP) is 3.32. The summed E-state index contributed by atoms with van der Waals surface area (Å²) in [4.78, 5) is 27.3. The summed E-state index contributed by atoms with van der Waals surface area (Å²) in [5.74, 6) is -0.956. The zero-order valence-corrected chi connectivity index (χ0v) is 16.2. The monoisotopic (exact) mass is 381 g/mol. The molecular weight excluding hydrogens is 358 g/mol. The largest absolute Gasteiger partial charge is 0.481 e. The van der Waals surface area contributed by atoms with Crippen LogP contribution < -0.4 is 0 Å². The van der Waals surface area contributed by atoms with Crippen LogP contribution in [0.1, 0.15) is 47.6 Å². The molecule has 3 heterocycles. The van der Waals surface area contributed by atoms with Crippen LogP contribution in [0.3, 0.4) is 0 Å². The standard InChI is InChI=1S/C21H23N3O4/c1-4-16-5-7-19-21(15-9-14(13(2)25)10-22-11-15)17(6-8-20(26)27)18(12-28-3)23-24(16)19/h5,7,9-11H,4,6,8,12H2,1-3H3,(H,26,27). The van der Waals surface area contributed by atoms with Crippen LogP contribution in [0.15, 0.2) is 30.6 Å². The summed E-state index contributed by atoms with van der Waals surface area (Å²) in [5.41, 5.74) is 5.50. The highest BCUT2D eigenvalue weighted by atomic mass is 16.5. The summed E-state index contributed by atoms with van der Waals surface area (Å²) < 4.78 is 7.20. The number of pyridine rings is 1. The van der Waals surface area contributed by atoms with E-state index >= 15 is 0 Å². The lowest BCUT2D eigenvalue weighted by atomic mass is 9.95. The molecule has 0 unspecified atom stereocenters. The minimum absolute atomic E-state index is 0.0251. The highest BCUT2D eigenvalue weighted by Gasteiger charge is 2.20. The molecule has 0 radical (unpaired) electrons. The maximum absolute atomic E-state index is 11.9. The van der Waals surface area contributed by atoms with Crippen LogP contribution in [0.4, 0.5) is 0 Å². The molecule has 28 heavy (non-hydrogen) atoms. The van der Waals surface area contributed by atoms with Gasteiger partial charge in [-0.3, -0.25) is 14.6 Å². The van der Waals surface area contributed by atoms with Crippen molar-refractivity contribution < 1.29 is 19.4 Å². The molecule has 7 nitrogen and oxygen atoms in total. The summed E-state index contributed by atoms with van der Waals surface area (Å²) >= 11 is 0. The number of hydrogen-bond acceptors (Lipinski definition) is 5. The van der Waals surface area contributed by atoms with Gasteiger partial charge >= 0.3 is 5.97 Å². The van der Waals surface area contributed by atoms with E-state index < -0.39 is 5.97 Å². The predicted molar refractivity (Wildman–Crippen MR) is 104 cm³/mol. The number of nitrogens with zero attached hydrogens (tertiary/aromatic N) is 3. The van der Waals surface area contributed by atoms with Gasteiger partial charge < -0.3 is 9.84 Å². The smallest absolute Gasteiger partial charge is 0.303 e. The first kappa shape index (κ1) is 19.7. The fourth-order valence-electron chi connectivity index (χ4n) is 3.37. The van der Waals surface area contributed by atoms with Crippen molar-refractivity contribution >= 4 is 17.3 Å². The fraction of sp³-hybridized carbons (Fsp3) is 0.333. The second-order valence-electron chi connectivity index (χ2n) is 6.62. The summed E-state index contributed by atoms with van der Waals surface area (Å²) in [6.45, 7) is 3.81. The number of Topliss-reactive ketones (excluding diaryl/α,β-unsaturated/α-hetero) is 1. The number of aromatic nitrogens is 3. The number of carbonyl (C=O) groups is 2. The van der Waals surface area contributed by atoms with Gasteiger partial charge in [-0.2, -0.15) is 5.10 Å². The quantitative estimate of drug-likeness (QED) is 0.602. The van der Waals surface area contributed by atoms with Crippen molar-refractivity contribution in [3.05, 3.63) is 53.1 Å². The lowest BCUT2D eigenvalue weighted by molar-refractivity contribution is -0.136. The van der Waals surface area contributed by atoms with Gasteiger partial charge in [0.1, 0.15) is 0 Å². The average molecular weight is 381 g/mol. The number of carboxylic acid groups (broad SMARTS) is 1. The number of methoxy groups -OCH3 is 1. The second kappa shape index (κ2) is 8.31. The Kier molecular flexibility index (Phi) is 5.84. The zero-order valence-electron chi connectivity index (χ0n) is 16.2. The number of hydrogen-bond donors (Lipinski definition) is 1. The fourth-order valence-corrected chi connectivity index (χ4v) is 3.37. The first-order valence-electron chi connectivity index (χ1n) is 9.15. The Hall–Kier alpha value is -3.06. The average Bonchev–Trinajstić information content (AvgIpc) is 3.08. The van der Waals surface area contributed by atoms with Gasteiger partial charge in [0.2, 0.25) is 0 Å². The molecule has 146 valence electrons. The SMILES string of the molecule is CCc1ccc2c(-c3cncc(C(C)=O)c3)c(CCC(=O)O)c(COC)nn12. The third kappa shape index (κ3) is 3.80. The zero-order chi connectivity index (χ0) is 20.3. The Morgan fingerprint density at radius 3 is 2.68 bits per heavy atom. The molecule has 0 aliphatic heterocycles. The minimum atomic E-state index is -0.880. The summed E-state index contributed by atoms with van der Waals surface area (Å²) in [5, 5.41) is 13.9. The van der Waals surface area contributed by atoms with Crippen LogP contribution in [0.25, 0.3) is 16.6 Å². The maximum Gasteiger partial charge on any atom is 0.303 e. The van der Waals surface area contributed by atoms with Crippen LogP contribution in [0.5, 0.6) is 0 Å². The Bertz CT molecular complexity index is 1040. The third-order valence-electron chi connectivity index (χ3n) is 4.73. The lowest BCUT2D eigenvalue weighted by Crippen LogP contribution is -2.11. The van der Waals surface area contributed by atoms with Crippen molar-refractivity contribution in [2.45, 2.75) is 39.7 Å². The van der Waals surface area contributed by atoms with E-state index in [0.29, 0.717) is 17.7 Å².